The van der Waals surface area contributed by atoms with E-state index in [1.807, 2.05) is 6.07 Å². The fourth-order valence-electron chi connectivity index (χ4n) is 8.98. The molecule has 10 aromatic carbocycles. The Morgan fingerprint density at radius 3 is 1.24 bits per heavy atom. The normalized spacial score (nSPS) is 11.6. The molecule has 0 atom stereocenters. The lowest BCUT2D eigenvalue weighted by Crippen LogP contribution is -1.96. The van der Waals surface area contributed by atoms with Crippen LogP contribution in [-0.2, 0) is 0 Å². The average molecular weight is 699 g/mol. The smallest absolute Gasteiger partial charge is 0.136 e. The molecule has 1 nitrogen and oxygen atoms in total. The maximum atomic E-state index is 6.34. The Bertz CT molecular complexity index is 3130. The fourth-order valence-corrected chi connectivity index (χ4v) is 8.98. The van der Waals surface area contributed by atoms with Gasteiger partial charge in [0.1, 0.15) is 11.2 Å². The van der Waals surface area contributed by atoms with Crippen LogP contribution in [0.3, 0.4) is 0 Å². The second-order valence-electron chi connectivity index (χ2n) is 14.3. The summed E-state index contributed by atoms with van der Waals surface area (Å²) in [6.45, 7) is 0. The van der Waals surface area contributed by atoms with E-state index in [4.69, 9.17) is 4.42 Å². The summed E-state index contributed by atoms with van der Waals surface area (Å²) in [5.74, 6) is 0. The van der Waals surface area contributed by atoms with Gasteiger partial charge in [0.2, 0.25) is 0 Å². The molecular formula is C54H34O. The predicted molar refractivity (Wildman–Crippen MR) is 233 cm³/mol. The molecule has 0 bridgehead atoms. The van der Waals surface area contributed by atoms with Crippen LogP contribution in [0.15, 0.2) is 211 Å². The van der Waals surface area contributed by atoms with Crippen molar-refractivity contribution in [1.82, 2.24) is 0 Å². The predicted octanol–water partition coefficient (Wildman–Crippen LogP) is 15.4. The molecule has 0 aliphatic heterocycles. The van der Waals surface area contributed by atoms with Crippen LogP contribution in [0.1, 0.15) is 0 Å². The first-order valence-corrected chi connectivity index (χ1v) is 18.9. The first kappa shape index (κ1) is 31.3. The fraction of sp³-hybridized carbons (Fsp3) is 0. The summed E-state index contributed by atoms with van der Waals surface area (Å²) in [6.07, 6.45) is 0. The maximum Gasteiger partial charge on any atom is 0.136 e. The van der Waals surface area contributed by atoms with Gasteiger partial charge in [-0.2, -0.15) is 0 Å². The number of furan rings is 1. The van der Waals surface area contributed by atoms with E-state index >= 15 is 0 Å². The molecule has 0 spiro atoms. The lowest BCUT2D eigenvalue weighted by molar-refractivity contribution is 0.669. The molecule has 0 N–H and O–H groups in total. The van der Waals surface area contributed by atoms with Gasteiger partial charge in [0, 0.05) is 10.8 Å². The van der Waals surface area contributed by atoms with Gasteiger partial charge in [-0.05, 0) is 100 Å². The monoisotopic (exact) mass is 698 g/mol. The molecule has 11 rings (SSSR count). The van der Waals surface area contributed by atoms with E-state index in [1.165, 1.54) is 88.0 Å². The highest BCUT2D eigenvalue weighted by atomic mass is 16.3. The quantitative estimate of drug-likeness (QED) is 0.163. The van der Waals surface area contributed by atoms with Gasteiger partial charge in [-0.1, -0.05) is 194 Å². The Hall–Kier alpha value is -7.22. The maximum absolute atomic E-state index is 6.34. The van der Waals surface area contributed by atoms with Gasteiger partial charge in [-0.3, -0.25) is 0 Å². The number of benzene rings is 10. The van der Waals surface area contributed by atoms with Crippen LogP contribution in [0.4, 0.5) is 0 Å². The standard InChI is InChI=1S/C54H34O/c1-3-17-35(18-4-1)37-28-15-29-38(36-19-5-2-6-20-36)53(37)54-45-25-11-9-23-43(45)51(44-24-10-12-26-46(44)54)47-34-33-41(39-21-7-8-22-40(39)47)42-30-16-32-50-52(42)48-27-13-14-31-49(48)55-50/h1-34H. The molecule has 0 saturated carbocycles. The molecule has 0 radical (unpaired) electrons. The van der Waals surface area contributed by atoms with Crippen LogP contribution >= 0.6 is 0 Å². The minimum Gasteiger partial charge on any atom is -0.456 e. The van der Waals surface area contributed by atoms with Crippen LogP contribution in [-0.4, -0.2) is 0 Å². The van der Waals surface area contributed by atoms with Crippen molar-refractivity contribution in [3.8, 4) is 55.6 Å². The summed E-state index contributed by atoms with van der Waals surface area (Å²) in [5, 5.41) is 9.68. The number of hydrogen-bond acceptors (Lipinski definition) is 1. The van der Waals surface area contributed by atoms with E-state index in [9.17, 15) is 0 Å². The summed E-state index contributed by atoms with van der Waals surface area (Å²) in [6, 6.07) is 74.8. The second-order valence-corrected chi connectivity index (χ2v) is 14.3. The summed E-state index contributed by atoms with van der Waals surface area (Å²) in [4.78, 5) is 0. The van der Waals surface area contributed by atoms with E-state index in [-0.39, 0.29) is 0 Å². The van der Waals surface area contributed by atoms with Crippen molar-refractivity contribution >= 4 is 54.3 Å². The molecule has 0 amide bonds. The summed E-state index contributed by atoms with van der Waals surface area (Å²) in [7, 11) is 0. The zero-order valence-electron chi connectivity index (χ0n) is 30.0. The van der Waals surface area contributed by atoms with E-state index in [1.54, 1.807) is 0 Å². The molecule has 256 valence electrons. The molecule has 0 aliphatic rings. The molecule has 11 aromatic rings. The molecule has 0 unspecified atom stereocenters. The molecule has 1 heterocycles. The highest BCUT2D eigenvalue weighted by molar-refractivity contribution is 6.26. The number of fused-ring (bicyclic) bond motifs is 6. The molecule has 0 fully saturated rings. The molecule has 1 aromatic heterocycles. The Morgan fingerprint density at radius 1 is 0.218 bits per heavy atom. The van der Waals surface area contributed by atoms with E-state index in [2.05, 4.69) is 200 Å². The molecule has 0 saturated heterocycles. The summed E-state index contributed by atoms with van der Waals surface area (Å²) >= 11 is 0. The van der Waals surface area contributed by atoms with Gasteiger partial charge in [-0.15, -0.1) is 0 Å². The highest BCUT2D eigenvalue weighted by Gasteiger charge is 2.23. The Morgan fingerprint density at radius 2 is 0.636 bits per heavy atom. The van der Waals surface area contributed by atoms with Crippen molar-refractivity contribution in [2.24, 2.45) is 0 Å². The summed E-state index contributed by atoms with van der Waals surface area (Å²) in [5.41, 5.74) is 14.0. The van der Waals surface area contributed by atoms with Crippen molar-refractivity contribution in [2.75, 3.05) is 0 Å². The Kier molecular flexibility index (Phi) is 7.25. The van der Waals surface area contributed by atoms with Crippen LogP contribution in [0.25, 0.3) is 110 Å². The first-order valence-electron chi connectivity index (χ1n) is 18.9. The zero-order valence-corrected chi connectivity index (χ0v) is 30.0. The van der Waals surface area contributed by atoms with Gasteiger partial charge in [0.25, 0.3) is 0 Å². The van der Waals surface area contributed by atoms with Gasteiger partial charge in [0.15, 0.2) is 0 Å². The van der Waals surface area contributed by atoms with Gasteiger partial charge in [0.05, 0.1) is 0 Å². The third kappa shape index (κ3) is 4.94. The third-order valence-corrected chi connectivity index (χ3v) is 11.3. The van der Waals surface area contributed by atoms with Crippen LogP contribution < -0.4 is 0 Å². The van der Waals surface area contributed by atoms with Gasteiger partial charge >= 0.3 is 0 Å². The highest BCUT2D eigenvalue weighted by Crippen LogP contribution is 2.51. The molecular weight excluding hydrogens is 665 g/mol. The number of hydrogen-bond donors (Lipinski definition) is 0. The van der Waals surface area contributed by atoms with E-state index in [0.29, 0.717) is 0 Å². The topological polar surface area (TPSA) is 13.1 Å². The minimum absolute atomic E-state index is 0.907. The molecule has 0 aliphatic carbocycles. The molecule has 55 heavy (non-hydrogen) atoms. The SMILES string of the molecule is c1ccc(-c2cccc(-c3ccccc3)c2-c2c3ccccc3c(-c3ccc(-c4cccc5oc6ccccc6c45)c4ccccc34)c3ccccc23)cc1. The van der Waals surface area contributed by atoms with Gasteiger partial charge in [-0.25, -0.2) is 0 Å². The van der Waals surface area contributed by atoms with Crippen molar-refractivity contribution in [1.29, 1.82) is 0 Å². The second kappa shape index (κ2) is 12.7. The van der Waals surface area contributed by atoms with Gasteiger partial charge < -0.3 is 4.42 Å². The van der Waals surface area contributed by atoms with Crippen molar-refractivity contribution in [3.63, 3.8) is 0 Å². The molecule has 1 heteroatoms. The van der Waals surface area contributed by atoms with Crippen molar-refractivity contribution < 1.29 is 4.42 Å². The number of para-hydroxylation sites is 1. The van der Waals surface area contributed by atoms with E-state index in [0.717, 1.165) is 21.9 Å². The first-order chi connectivity index (χ1) is 27.3. The Balaban J connectivity index is 1.23. The van der Waals surface area contributed by atoms with E-state index < -0.39 is 0 Å². The van der Waals surface area contributed by atoms with Crippen LogP contribution in [0, 0.1) is 0 Å². The lowest BCUT2D eigenvalue weighted by atomic mass is 9.80. The third-order valence-electron chi connectivity index (χ3n) is 11.3. The minimum atomic E-state index is 0.907. The van der Waals surface area contributed by atoms with Crippen molar-refractivity contribution in [3.05, 3.63) is 206 Å². The lowest BCUT2D eigenvalue weighted by Gasteiger charge is -2.23. The van der Waals surface area contributed by atoms with Crippen molar-refractivity contribution in [2.45, 2.75) is 0 Å². The van der Waals surface area contributed by atoms with Crippen LogP contribution in [0.2, 0.25) is 0 Å². The average Bonchev–Trinajstić information content (AvgIpc) is 3.65. The number of rotatable bonds is 5. The van der Waals surface area contributed by atoms with Crippen LogP contribution in [0.5, 0.6) is 0 Å². The summed E-state index contributed by atoms with van der Waals surface area (Å²) < 4.78 is 6.34. The largest absolute Gasteiger partial charge is 0.456 e. The Labute approximate surface area is 319 Å². The zero-order chi connectivity index (χ0) is 36.3.